The van der Waals surface area contributed by atoms with Crippen molar-refractivity contribution in [3.05, 3.63) is 29.5 Å². The van der Waals surface area contributed by atoms with Crippen LogP contribution in [0.3, 0.4) is 0 Å². The molecule has 0 bridgehead atoms. The number of hydrazine groups is 1. The minimum Gasteiger partial charge on any atom is -0.743 e. The molecule has 0 amide bonds. The maximum absolute atomic E-state index is 10.4. The number of nitrogens with two attached hydrogens (primary N) is 2. The molecule has 1 aromatic rings. The lowest BCUT2D eigenvalue weighted by molar-refractivity contribution is 1.09. The summed E-state index contributed by atoms with van der Waals surface area (Å²) in [7, 11) is 0. The van der Waals surface area contributed by atoms with Gasteiger partial charge in [-0.3, -0.25) is 5.84 Å². The Bertz CT molecular complexity index is 207. The van der Waals surface area contributed by atoms with Gasteiger partial charge in [-0.2, -0.15) is 0 Å². The Morgan fingerprint density at radius 1 is 1.20 bits per heavy atom. The highest BCUT2D eigenvalue weighted by Gasteiger charge is 1.87. The number of hydrogen-bond acceptors (Lipinski definition) is 4. The molecule has 0 spiro atoms. The molecule has 0 radical (unpaired) electrons. The van der Waals surface area contributed by atoms with Crippen molar-refractivity contribution in [1.29, 1.82) is 0 Å². The SMILES string of the molecule is Nc1ccc(N(N)[O-])cc1. The zero-order valence-electron chi connectivity index (χ0n) is 5.32. The van der Waals surface area contributed by atoms with Crippen molar-refractivity contribution < 1.29 is 0 Å². The lowest BCUT2D eigenvalue weighted by Gasteiger charge is -2.23. The van der Waals surface area contributed by atoms with Crippen LogP contribution in [0.25, 0.3) is 0 Å². The van der Waals surface area contributed by atoms with Gasteiger partial charge in [0.15, 0.2) is 0 Å². The molecule has 0 saturated carbocycles. The first-order valence-electron chi connectivity index (χ1n) is 2.77. The van der Waals surface area contributed by atoms with E-state index in [1.807, 2.05) is 0 Å². The molecule has 0 aliphatic heterocycles. The second kappa shape index (κ2) is 2.55. The molecule has 4 N–H and O–H groups in total. The molecule has 1 aromatic carbocycles. The van der Waals surface area contributed by atoms with Crippen molar-refractivity contribution in [2.75, 3.05) is 10.9 Å². The first-order chi connectivity index (χ1) is 4.70. The van der Waals surface area contributed by atoms with E-state index in [1.54, 1.807) is 24.3 Å². The third-order valence-electron chi connectivity index (χ3n) is 1.15. The first-order valence-corrected chi connectivity index (χ1v) is 2.77. The number of anilines is 2. The summed E-state index contributed by atoms with van der Waals surface area (Å²) < 4.78 is 0. The summed E-state index contributed by atoms with van der Waals surface area (Å²) in [5, 5.41) is 10.7. The summed E-state index contributed by atoms with van der Waals surface area (Å²) in [6, 6.07) is 6.35. The highest BCUT2D eigenvalue weighted by Crippen LogP contribution is 2.11. The summed E-state index contributed by atoms with van der Waals surface area (Å²) in [5.41, 5.74) is 6.38. The van der Waals surface area contributed by atoms with E-state index in [0.29, 0.717) is 16.5 Å². The maximum atomic E-state index is 10.4. The van der Waals surface area contributed by atoms with E-state index in [-0.39, 0.29) is 0 Å². The molecule has 1 rings (SSSR count). The van der Waals surface area contributed by atoms with E-state index < -0.39 is 0 Å². The molecule has 10 heavy (non-hydrogen) atoms. The molecule has 0 aromatic heterocycles. The predicted octanol–water partition coefficient (Wildman–Crippen LogP) is 0.447. The van der Waals surface area contributed by atoms with Gasteiger partial charge < -0.3 is 16.1 Å². The van der Waals surface area contributed by atoms with Crippen LogP contribution in [-0.4, -0.2) is 0 Å². The van der Waals surface area contributed by atoms with Crippen molar-refractivity contribution in [1.82, 2.24) is 0 Å². The fraction of sp³-hybridized carbons (Fsp3) is 0. The Morgan fingerprint density at radius 3 is 2.10 bits per heavy atom. The molecule has 0 heterocycles. The second-order valence-corrected chi connectivity index (χ2v) is 1.92. The molecule has 4 heteroatoms. The maximum Gasteiger partial charge on any atom is 0.0404 e. The minimum atomic E-state index is 0.291. The predicted molar refractivity (Wildman–Crippen MR) is 40.9 cm³/mol. The molecule has 0 saturated heterocycles. The van der Waals surface area contributed by atoms with Crippen LogP contribution in [-0.2, 0) is 0 Å². The van der Waals surface area contributed by atoms with Gasteiger partial charge in [0.05, 0.1) is 0 Å². The van der Waals surface area contributed by atoms with E-state index in [9.17, 15) is 5.21 Å². The van der Waals surface area contributed by atoms with Crippen LogP contribution in [0.2, 0.25) is 0 Å². The summed E-state index contributed by atoms with van der Waals surface area (Å²) in [4.78, 5) is 0. The zero-order valence-corrected chi connectivity index (χ0v) is 5.32. The van der Waals surface area contributed by atoms with Gasteiger partial charge in [0.2, 0.25) is 0 Å². The van der Waals surface area contributed by atoms with Crippen LogP contribution < -0.4 is 16.7 Å². The monoisotopic (exact) mass is 138 g/mol. The number of nitrogen functional groups attached to an aromatic ring is 1. The molecule has 0 aliphatic rings. The smallest absolute Gasteiger partial charge is 0.0404 e. The van der Waals surface area contributed by atoms with Gasteiger partial charge in [-0.05, 0) is 24.3 Å². The van der Waals surface area contributed by atoms with Crippen molar-refractivity contribution >= 4 is 11.4 Å². The van der Waals surface area contributed by atoms with E-state index in [2.05, 4.69) is 0 Å². The molecule has 0 atom stereocenters. The van der Waals surface area contributed by atoms with Crippen molar-refractivity contribution in [2.45, 2.75) is 0 Å². The van der Waals surface area contributed by atoms with Gasteiger partial charge in [0, 0.05) is 11.4 Å². The summed E-state index contributed by atoms with van der Waals surface area (Å²) in [5.74, 6) is 4.90. The first kappa shape index (κ1) is 6.85. The highest BCUT2D eigenvalue weighted by atomic mass is 16.5. The Labute approximate surface area is 58.6 Å². The average Bonchev–Trinajstić information content (AvgIpc) is 1.88. The molecule has 0 aliphatic carbocycles. The molecule has 0 unspecified atom stereocenters. The summed E-state index contributed by atoms with van der Waals surface area (Å²) in [6.45, 7) is 0. The van der Waals surface area contributed by atoms with E-state index in [1.165, 1.54) is 0 Å². The summed E-state index contributed by atoms with van der Waals surface area (Å²) in [6.07, 6.45) is 0. The van der Waals surface area contributed by atoms with Crippen LogP contribution >= 0.6 is 0 Å². The highest BCUT2D eigenvalue weighted by molar-refractivity contribution is 5.52. The van der Waals surface area contributed by atoms with Gasteiger partial charge in [0.1, 0.15) is 0 Å². The Hall–Kier alpha value is -1.26. The van der Waals surface area contributed by atoms with Gasteiger partial charge >= 0.3 is 0 Å². The van der Waals surface area contributed by atoms with Crippen molar-refractivity contribution in [3.63, 3.8) is 0 Å². The number of hydrogen-bond donors (Lipinski definition) is 2. The van der Waals surface area contributed by atoms with Crippen LogP contribution in [0.15, 0.2) is 24.3 Å². The van der Waals surface area contributed by atoms with Crippen LogP contribution in [0.5, 0.6) is 0 Å². The number of rotatable bonds is 1. The van der Waals surface area contributed by atoms with E-state index >= 15 is 0 Å². The van der Waals surface area contributed by atoms with Crippen molar-refractivity contribution in [3.8, 4) is 0 Å². The topological polar surface area (TPSA) is 78.3 Å². The Morgan fingerprint density at radius 2 is 1.70 bits per heavy atom. The Balaban J connectivity index is 2.89. The lowest BCUT2D eigenvalue weighted by Crippen LogP contribution is -2.22. The summed E-state index contributed by atoms with van der Waals surface area (Å²) >= 11 is 0. The average molecular weight is 138 g/mol. The van der Waals surface area contributed by atoms with Crippen molar-refractivity contribution in [2.24, 2.45) is 5.84 Å². The lowest BCUT2D eigenvalue weighted by atomic mass is 10.3. The van der Waals surface area contributed by atoms with Gasteiger partial charge in [-0.25, -0.2) is 0 Å². The standard InChI is InChI=1S/C6H8N3O/c7-5-1-3-6(4-2-5)9(8)10/h1-4H,7-8H2/q-1. The van der Waals surface area contributed by atoms with E-state index in [0.717, 1.165) is 0 Å². The quantitative estimate of drug-likeness (QED) is 0.335. The molecule has 0 fully saturated rings. The van der Waals surface area contributed by atoms with Gasteiger partial charge in [-0.1, -0.05) is 0 Å². The van der Waals surface area contributed by atoms with Gasteiger partial charge in [-0.15, -0.1) is 0 Å². The van der Waals surface area contributed by atoms with E-state index in [4.69, 9.17) is 11.6 Å². The molecular formula is C6H8N3O-. The fourth-order valence-electron chi connectivity index (χ4n) is 0.621. The largest absolute Gasteiger partial charge is 0.743 e. The third kappa shape index (κ3) is 1.37. The number of nitrogens with zero attached hydrogens (tertiary/aromatic N) is 1. The van der Waals surface area contributed by atoms with Crippen LogP contribution in [0, 0.1) is 5.21 Å². The van der Waals surface area contributed by atoms with Crippen LogP contribution in [0.1, 0.15) is 0 Å². The second-order valence-electron chi connectivity index (χ2n) is 1.92. The zero-order chi connectivity index (χ0) is 7.56. The Kier molecular flexibility index (Phi) is 1.75. The molecule has 4 nitrogen and oxygen atoms in total. The molecular weight excluding hydrogens is 130 g/mol. The fourth-order valence-corrected chi connectivity index (χ4v) is 0.621. The van der Waals surface area contributed by atoms with Crippen LogP contribution in [0.4, 0.5) is 11.4 Å². The third-order valence-corrected chi connectivity index (χ3v) is 1.15. The molecule has 54 valence electrons. The normalized spacial score (nSPS) is 9.40. The van der Waals surface area contributed by atoms with Gasteiger partial charge in [0.25, 0.3) is 0 Å². The number of benzene rings is 1. The minimum absolute atomic E-state index is 0.291.